The number of hydrogen-bond donors (Lipinski definition) is 1. The summed E-state index contributed by atoms with van der Waals surface area (Å²) in [5.41, 5.74) is 9.02. The Hall–Kier alpha value is -4.71. The molecule has 4 aromatic carbocycles. The molecular weight excluding hydrogens is 534 g/mol. The fourth-order valence-corrected chi connectivity index (χ4v) is 3.76. The molecule has 0 fully saturated rings. The predicted octanol–water partition coefficient (Wildman–Crippen LogP) is 8.11. The number of aromatic nitrogens is 1. The van der Waals surface area contributed by atoms with Crippen LogP contribution in [0.25, 0.3) is 22.2 Å². The monoisotopic (exact) mass is 560 g/mol. The third-order valence-electron chi connectivity index (χ3n) is 5.48. The minimum Gasteiger partial charge on any atom is -0.399 e. The number of para-hydroxylation sites is 2. The van der Waals surface area contributed by atoms with Crippen molar-refractivity contribution in [3.8, 4) is 11.3 Å². The van der Waals surface area contributed by atoms with Crippen LogP contribution >= 0.6 is 11.6 Å². The number of pyridine rings is 1. The Bertz CT molecular complexity index is 1590. The first-order chi connectivity index (χ1) is 19.2. The Morgan fingerprint density at radius 3 is 1.90 bits per heavy atom. The van der Waals surface area contributed by atoms with E-state index in [2.05, 4.69) is 4.98 Å². The summed E-state index contributed by atoms with van der Waals surface area (Å²) in [6.45, 7) is 3.58. The van der Waals surface area contributed by atoms with Crippen LogP contribution in [0.15, 0.2) is 103 Å². The maximum atomic E-state index is 13.9. The number of nitrogens with zero attached hydrogens (tertiary/aromatic N) is 1. The average molecular weight is 561 g/mol. The third kappa shape index (κ3) is 8.95. The Morgan fingerprint density at radius 1 is 0.825 bits per heavy atom. The highest BCUT2D eigenvalue weighted by molar-refractivity contribution is 6.36. The number of halogens is 3. The van der Waals surface area contributed by atoms with E-state index >= 15 is 0 Å². The van der Waals surface area contributed by atoms with Crippen LogP contribution in [-0.4, -0.2) is 16.9 Å². The molecule has 8 heteroatoms. The van der Waals surface area contributed by atoms with E-state index in [0.717, 1.165) is 22.2 Å². The smallest absolute Gasteiger partial charge is 0.373 e. The van der Waals surface area contributed by atoms with Crippen molar-refractivity contribution in [3.63, 3.8) is 0 Å². The first-order valence-corrected chi connectivity index (χ1v) is 12.5. The molecule has 5 nitrogen and oxygen atoms in total. The lowest BCUT2D eigenvalue weighted by Gasteiger charge is -2.10. The number of carbonyl (C=O) groups is 1. The molecule has 0 aliphatic rings. The topological polar surface area (TPSA) is 90.1 Å². The highest BCUT2D eigenvalue weighted by Gasteiger charge is 2.14. The summed E-state index contributed by atoms with van der Waals surface area (Å²) in [6, 6.07) is 29.7. The Balaban J connectivity index is 0.000000225. The molecular formula is C32H27ClF2N2O3. The van der Waals surface area contributed by atoms with E-state index in [9.17, 15) is 13.6 Å². The number of rotatable bonds is 3. The molecule has 0 aliphatic carbocycles. The van der Waals surface area contributed by atoms with Crippen LogP contribution in [0.2, 0.25) is 5.02 Å². The van der Waals surface area contributed by atoms with Crippen molar-refractivity contribution in [1.29, 1.82) is 0 Å². The molecule has 0 saturated heterocycles. The van der Waals surface area contributed by atoms with Gasteiger partial charge < -0.3 is 5.73 Å². The fourth-order valence-electron chi connectivity index (χ4n) is 3.51. The molecule has 0 atom stereocenters. The van der Waals surface area contributed by atoms with E-state index in [1.807, 2.05) is 61.5 Å². The zero-order valence-electron chi connectivity index (χ0n) is 21.9. The predicted molar refractivity (Wildman–Crippen MR) is 154 cm³/mol. The number of ketones is 1. The zero-order chi connectivity index (χ0) is 29.5. The minimum atomic E-state index is -0.431. The lowest BCUT2D eigenvalue weighted by atomic mass is 10.0. The number of carbonyl (C=O) groups excluding carboxylic acids is 3. The molecule has 0 spiro atoms. The summed E-state index contributed by atoms with van der Waals surface area (Å²) in [6.07, 6.45) is 0.598. The Labute approximate surface area is 236 Å². The molecule has 0 unspecified atom stereocenters. The van der Waals surface area contributed by atoms with Crippen LogP contribution in [0.4, 0.5) is 14.5 Å². The number of Topliss-reactive ketones (excluding diaryl/α,β-unsaturated/α-hetero) is 1. The molecule has 0 radical (unpaired) electrons. The van der Waals surface area contributed by atoms with E-state index in [0.29, 0.717) is 22.7 Å². The van der Waals surface area contributed by atoms with Gasteiger partial charge in [0.1, 0.15) is 11.6 Å². The maximum Gasteiger partial charge on any atom is 0.373 e. The van der Waals surface area contributed by atoms with Crippen LogP contribution < -0.4 is 5.73 Å². The largest absolute Gasteiger partial charge is 0.399 e. The Kier molecular flexibility index (Phi) is 12.8. The van der Waals surface area contributed by atoms with Crippen molar-refractivity contribution in [2.45, 2.75) is 20.3 Å². The molecule has 2 N–H and O–H groups in total. The molecule has 5 rings (SSSR count). The molecule has 204 valence electrons. The van der Waals surface area contributed by atoms with Gasteiger partial charge in [-0.15, -0.1) is 0 Å². The molecule has 40 heavy (non-hydrogen) atoms. The van der Waals surface area contributed by atoms with Crippen molar-refractivity contribution in [3.05, 3.63) is 131 Å². The van der Waals surface area contributed by atoms with Crippen LogP contribution in [-0.2, 0) is 9.59 Å². The van der Waals surface area contributed by atoms with Crippen LogP contribution in [0.5, 0.6) is 0 Å². The second-order valence-electron chi connectivity index (χ2n) is 8.15. The van der Waals surface area contributed by atoms with Gasteiger partial charge in [-0.25, -0.2) is 13.8 Å². The standard InChI is InChI=1S/C16H11ClFN.C9H9FO.C6H7N.CO2/c1-10-15(17)12-7-3-5-9-14(12)19-16(10)11-6-2-4-8-13(11)18;1-2-9(11)7-5-3-4-6-8(7)10;7-6-4-2-1-3-5-6;2-1-3/h2-9H,1H3;3-6H,2H2,1H3;1-5H,7H2;. The summed E-state index contributed by atoms with van der Waals surface area (Å²) in [4.78, 5) is 31.8. The van der Waals surface area contributed by atoms with Crippen molar-refractivity contribution < 1.29 is 23.2 Å². The van der Waals surface area contributed by atoms with Gasteiger partial charge in [0, 0.05) is 23.1 Å². The van der Waals surface area contributed by atoms with Gasteiger partial charge in [-0.3, -0.25) is 4.79 Å². The first-order valence-electron chi connectivity index (χ1n) is 12.1. The van der Waals surface area contributed by atoms with E-state index < -0.39 is 5.82 Å². The van der Waals surface area contributed by atoms with Crippen LogP contribution in [0, 0.1) is 18.6 Å². The minimum absolute atomic E-state index is 0.150. The number of benzene rings is 4. The average Bonchev–Trinajstić information content (AvgIpc) is 2.97. The second-order valence-corrected chi connectivity index (χ2v) is 8.52. The summed E-state index contributed by atoms with van der Waals surface area (Å²) in [5.74, 6) is -0.869. The van der Waals surface area contributed by atoms with Gasteiger partial charge in [0.05, 0.1) is 21.8 Å². The zero-order valence-corrected chi connectivity index (χ0v) is 22.7. The van der Waals surface area contributed by atoms with Gasteiger partial charge in [0.25, 0.3) is 0 Å². The Morgan fingerprint density at radius 2 is 1.35 bits per heavy atom. The molecule has 0 amide bonds. The highest BCUT2D eigenvalue weighted by atomic mass is 35.5. The molecule has 0 saturated carbocycles. The number of nitrogens with two attached hydrogens (primary N) is 1. The third-order valence-corrected chi connectivity index (χ3v) is 5.97. The van der Waals surface area contributed by atoms with Gasteiger partial charge in [0.15, 0.2) is 5.78 Å². The van der Waals surface area contributed by atoms with Crippen LogP contribution in [0.1, 0.15) is 29.3 Å². The van der Waals surface area contributed by atoms with Crippen LogP contribution in [0.3, 0.4) is 0 Å². The van der Waals surface area contributed by atoms with Gasteiger partial charge in [0.2, 0.25) is 0 Å². The molecule has 1 aromatic heterocycles. The van der Waals surface area contributed by atoms with Gasteiger partial charge in [-0.05, 0) is 55.0 Å². The van der Waals surface area contributed by atoms with E-state index in [-0.39, 0.29) is 23.3 Å². The number of anilines is 1. The van der Waals surface area contributed by atoms with Gasteiger partial charge >= 0.3 is 6.15 Å². The van der Waals surface area contributed by atoms with Crippen molar-refractivity contribution in [2.75, 3.05) is 5.73 Å². The summed E-state index contributed by atoms with van der Waals surface area (Å²) < 4.78 is 26.7. The normalized spacial score (nSPS) is 9.53. The first kappa shape index (κ1) is 31.5. The second kappa shape index (κ2) is 16.3. The van der Waals surface area contributed by atoms with Gasteiger partial charge in [-0.1, -0.05) is 79.2 Å². The number of fused-ring (bicyclic) bond motifs is 1. The molecule has 5 aromatic rings. The SMILES string of the molecule is CCC(=O)c1ccccc1F.Cc1c(-c2ccccc2F)nc2ccccc2c1Cl.Nc1ccccc1.O=C=O. The number of nitrogen functional groups attached to an aromatic ring is 1. The summed E-state index contributed by atoms with van der Waals surface area (Å²) in [5, 5.41) is 1.52. The quantitative estimate of drug-likeness (QED) is 0.178. The van der Waals surface area contributed by atoms with E-state index in [1.165, 1.54) is 18.2 Å². The summed E-state index contributed by atoms with van der Waals surface area (Å²) >= 11 is 6.37. The van der Waals surface area contributed by atoms with Crippen molar-refractivity contribution in [2.24, 2.45) is 0 Å². The number of hydrogen-bond acceptors (Lipinski definition) is 5. The van der Waals surface area contributed by atoms with E-state index in [1.54, 1.807) is 37.3 Å². The molecule has 0 bridgehead atoms. The van der Waals surface area contributed by atoms with Crippen molar-refractivity contribution in [1.82, 2.24) is 4.98 Å². The van der Waals surface area contributed by atoms with Gasteiger partial charge in [-0.2, -0.15) is 9.59 Å². The molecule has 1 heterocycles. The lowest BCUT2D eigenvalue weighted by molar-refractivity contribution is -0.191. The van der Waals surface area contributed by atoms with E-state index in [4.69, 9.17) is 26.9 Å². The summed E-state index contributed by atoms with van der Waals surface area (Å²) in [7, 11) is 0. The molecule has 0 aliphatic heterocycles. The van der Waals surface area contributed by atoms with Crippen molar-refractivity contribution >= 4 is 40.1 Å². The fraction of sp³-hybridized carbons (Fsp3) is 0.0938. The highest BCUT2D eigenvalue weighted by Crippen LogP contribution is 2.33. The maximum absolute atomic E-state index is 13.9. The lowest BCUT2D eigenvalue weighted by Crippen LogP contribution is -1.99.